The zero-order valence-corrected chi connectivity index (χ0v) is 13.1. The highest BCUT2D eigenvalue weighted by molar-refractivity contribution is 6.08. The molecule has 0 aliphatic carbocycles. The van der Waals surface area contributed by atoms with Crippen LogP contribution in [0.4, 0.5) is 0 Å². The summed E-state index contributed by atoms with van der Waals surface area (Å²) in [5.74, 6) is 0.0596. The molecule has 1 aromatic heterocycles. The van der Waals surface area contributed by atoms with E-state index in [-0.39, 0.29) is 11.9 Å². The first-order chi connectivity index (χ1) is 10.7. The first-order valence-corrected chi connectivity index (χ1v) is 7.90. The lowest BCUT2D eigenvalue weighted by Crippen LogP contribution is -2.34. The number of nitrogens with one attached hydrogen (secondary N) is 1. The minimum absolute atomic E-state index is 0.0596. The number of rotatable bonds is 5. The summed E-state index contributed by atoms with van der Waals surface area (Å²) in [4.78, 5) is 12.3. The maximum Gasteiger partial charge on any atom is 0.224 e. The fourth-order valence-corrected chi connectivity index (χ4v) is 2.95. The second kappa shape index (κ2) is 6.22. The largest absolute Gasteiger partial charge is 0.464 e. The summed E-state index contributed by atoms with van der Waals surface area (Å²) in [6.07, 6.45) is 3.98. The molecule has 3 heteroatoms. The van der Waals surface area contributed by atoms with Gasteiger partial charge in [0.05, 0.1) is 12.7 Å². The number of hydrogen-bond donors (Lipinski definition) is 1. The zero-order chi connectivity index (χ0) is 15.5. The molecule has 0 saturated heterocycles. The van der Waals surface area contributed by atoms with Gasteiger partial charge >= 0.3 is 0 Å². The molecule has 0 bridgehead atoms. The highest BCUT2D eigenvalue weighted by Gasteiger charge is 2.14. The molecule has 0 saturated carbocycles. The van der Waals surface area contributed by atoms with Crippen molar-refractivity contribution in [1.82, 2.24) is 5.32 Å². The van der Waals surface area contributed by atoms with Crippen molar-refractivity contribution in [2.24, 2.45) is 0 Å². The fraction of sp³-hybridized carbons (Fsp3) is 0.316. The summed E-state index contributed by atoms with van der Waals surface area (Å²) in [6, 6.07) is 12.5. The van der Waals surface area contributed by atoms with Gasteiger partial charge in [0.1, 0.15) is 5.58 Å². The molecule has 0 radical (unpaired) electrons. The molecule has 3 aromatic rings. The minimum Gasteiger partial charge on any atom is -0.464 e. The zero-order valence-electron chi connectivity index (χ0n) is 13.1. The predicted molar refractivity (Wildman–Crippen MR) is 89.9 cm³/mol. The van der Waals surface area contributed by atoms with Gasteiger partial charge in [-0.15, -0.1) is 0 Å². The molecule has 2 aromatic carbocycles. The third-order valence-electron chi connectivity index (χ3n) is 4.24. The van der Waals surface area contributed by atoms with E-state index in [2.05, 4.69) is 37.4 Å². The number of fused-ring (bicyclic) bond motifs is 3. The normalized spacial score (nSPS) is 11.4. The predicted octanol–water partition coefficient (Wildman–Crippen LogP) is 4.43. The second-order valence-corrected chi connectivity index (χ2v) is 5.68. The number of carbonyl (C=O) groups is 1. The highest BCUT2D eigenvalue weighted by atomic mass is 16.3. The SMILES string of the molecule is CCC(CC)NC(=O)Cc1coc2ccc3ccccc3c12. The lowest BCUT2D eigenvalue weighted by Gasteiger charge is -2.14. The molecular formula is C19H21NO2. The van der Waals surface area contributed by atoms with Crippen LogP contribution in [0.25, 0.3) is 21.7 Å². The van der Waals surface area contributed by atoms with E-state index in [1.807, 2.05) is 18.2 Å². The average molecular weight is 295 g/mol. The summed E-state index contributed by atoms with van der Waals surface area (Å²) in [7, 11) is 0. The summed E-state index contributed by atoms with van der Waals surface area (Å²) in [5.41, 5.74) is 1.79. The van der Waals surface area contributed by atoms with Crippen molar-refractivity contribution in [1.29, 1.82) is 0 Å². The Balaban J connectivity index is 1.94. The van der Waals surface area contributed by atoms with Crippen LogP contribution in [0.15, 0.2) is 47.1 Å². The van der Waals surface area contributed by atoms with Crippen molar-refractivity contribution in [2.75, 3.05) is 0 Å². The Hall–Kier alpha value is -2.29. The third-order valence-corrected chi connectivity index (χ3v) is 4.24. The van der Waals surface area contributed by atoms with Gasteiger partial charge in [-0.2, -0.15) is 0 Å². The van der Waals surface area contributed by atoms with Gasteiger partial charge in [0, 0.05) is 17.0 Å². The van der Waals surface area contributed by atoms with Gasteiger partial charge in [0.2, 0.25) is 5.91 Å². The Bertz CT molecular complexity index is 799. The number of furan rings is 1. The van der Waals surface area contributed by atoms with Gasteiger partial charge < -0.3 is 9.73 Å². The molecule has 3 rings (SSSR count). The van der Waals surface area contributed by atoms with Crippen molar-refractivity contribution >= 4 is 27.6 Å². The van der Waals surface area contributed by atoms with E-state index in [9.17, 15) is 4.79 Å². The molecule has 1 N–H and O–H groups in total. The van der Waals surface area contributed by atoms with E-state index in [4.69, 9.17) is 4.42 Å². The van der Waals surface area contributed by atoms with Gasteiger partial charge in [0.15, 0.2) is 0 Å². The maximum atomic E-state index is 12.3. The molecule has 0 spiro atoms. The Kier molecular flexibility index (Phi) is 4.14. The lowest BCUT2D eigenvalue weighted by atomic mass is 10.0. The third kappa shape index (κ3) is 2.71. The van der Waals surface area contributed by atoms with E-state index < -0.39 is 0 Å². The van der Waals surface area contributed by atoms with E-state index in [1.165, 1.54) is 0 Å². The summed E-state index contributed by atoms with van der Waals surface area (Å²) in [5, 5.41) is 6.44. The molecule has 3 nitrogen and oxygen atoms in total. The van der Waals surface area contributed by atoms with Crippen LogP contribution in [-0.4, -0.2) is 11.9 Å². The van der Waals surface area contributed by atoms with Crippen LogP contribution < -0.4 is 5.32 Å². The first-order valence-electron chi connectivity index (χ1n) is 7.90. The molecule has 0 atom stereocenters. The average Bonchev–Trinajstić information content (AvgIpc) is 2.96. The van der Waals surface area contributed by atoms with Crippen LogP contribution in [0.3, 0.4) is 0 Å². The van der Waals surface area contributed by atoms with Crippen molar-refractivity contribution in [2.45, 2.75) is 39.2 Å². The number of carbonyl (C=O) groups excluding carboxylic acids is 1. The molecule has 1 amide bonds. The smallest absolute Gasteiger partial charge is 0.224 e. The van der Waals surface area contributed by atoms with Crippen LogP contribution in [0, 0.1) is 0 Å². The van der Waals surface area contributed by atoms with E-state index >= 15 is 0 Å². The molecular weight excluding hydrogens is 274 g/mol. The van der Waals surface area contributed by atoms with Gasteiger partial charge in [-0.1, -0.05) is 44.2 Å². The molecule has 114 valence electrons. The first kappa shape index (κ1) is 14.6. The lowest BCUT2D eigenvalue weighted by molar-refractivity contribution is -0.121. The minimum atomic E-state index is 0.0596. The Labute approximate surface area is 130 Å². The van der Waals surface area contributed by atoms with Gasteiger partial charge in [0.25, 0.3) is 0 Å². The van der Waals surface area contributed by atoms with Crippen molar-refractivity contribution in [3.63, 3.8) is 0 Å². The van der Waals surface area contributed by atoms with Crippen molar-refractivity contribution in [3.05, 3.63) is 48.2 Å². The Morgan fingerprint density at radius 2 is 1.91 bits per heavy atom. The Morgan fingerprint density at radius 1 is 1.14 bits per heavy atom. The van der Waals surface area contributed by atoms with Crippen LogP contribution in [0.2, 0.25) is 0 Å². The van der Waals surface area contributed by atoms with Gasteiger partial charge in [-0.3, -0.25) is 4.79 Å². The standard InChI is InChI=1S/C19H21NO2/c1-3-15(4-2)20-18(21)11-14-12-22-17-10-9-13-7-5-6-8-16(13)19(14)17/h5-10,12,15H,3-4,11H2,1-2H3,(H,20,21). The number of amides is 1. The molecule has 22 heavy (non-hydrogen) atoms. The topological polar surface area (TPSA) is 42.2 Å². The van der Waals surface area contributed by atoms with Gasteiger partial charge in [-0.25, -0.2) is 0 Å². The van der Waals surface area contributed by atoms with Crippen LogP contribution in [0.1, 0.15) is 32.3 Å². The quantitative estimate of drug-likeness (QED) is 0.756. The van der Waals surface area contributed by atoms with Crippen molar-refractivity contribution < 1.29 is 9.21 Å². The molecule has 0 fully saturated rings. The monoisotopic (exact) mass is 295 g/mol. The summed E-state index contributed by atoms with van der Waals surface area (Å²) < 4.78 is 5.64. The van der Waals surface area contributed by atoms with Crippen LogP contribution in [0.5, 0.6) is 0 Å². The summed E-state index contributed by atoms with van der Waals surface area (Å²) in [6.45, 7) is 4.18. The number of hydrogen-bond acceptors (Lipinski definition) is 2. The molecule has 0 aliphatic rings. The van der Waals surface area contributed by atoms with Crippen LogP contribution in [-0.2, 0) is 11.2 Å². The van der Waals surface area contributed by atoms with E-state index in [0.717, 1.165) is 40.1 Å². The van der Waals surface area contributed by atoms with Crippen LogP contribution >= 0.6 is 0 Å². The Morgan fingerprint density at radius 3 is 2.68 bits per heavy atom. The highest BCUT2D eigenvalue weighted by Crippen LogP contribution is 2.30. The second-order valence-electron chi connectivity index (χ2n) is 5.68. The molecule has 0 aliphatic heterocycles. The number of benzene rings is 2. The molecule has 1 heterocycles. The van der Waals surface area contributed by atoms with E-state index in [0.29, 0.717) is 6.42 Å². The summed E-state index contributed by atoms with van der Waals surface area (Å²) >= 11 is 0. The maximum absolute atomic E-state index is 12.3. The fourth-order valence-electron chi connectivity index (χ4n) is 2.95. The van der Waals surface area contributed by atoms with Crippen molar-refractivity contribution in [3.8, 4) is 0 Å². The van der Waals surface area contributed by atoms with E-state index in [1.54, 1.807) is 6.26 Å². The van der Waals surface area contributed by atoms with Gasteiger partial charge in [-0.05, 0) is 29.7 Å². The molecule has 0 unspecified atom stereocenters.